The van der Waals surface area contributed by atoms with E-state index in [1.165, 1.54) is 0 Å². The number of anilines is 1. The molecule has 7 nitrogen and oxygen atoms in total. The summed E-state index contributed by atoms with van der Waals surface area (Å²) in [6, 6.07) is 5.54. The van der Waals surface area contributed by atoms with Gasteiger partial charge in [-0.15, -0.1) is 24.0 Å². The van der Waals surface area contributed by atoms with Gasteiger partial charge in [-0.3, -0.25) is 14.6 Å². The zero-order valence-electron chi connectivity index (χ0n) is 18.5. The second-order valence-corrected chi connectivity index (χ2v) is 7.92. The highest BCUT2D eigenvalue weighted by molar-refractivity contribution is 14.0. The molecule has 2 rings (SSSR count). The van der Waals surface area contributed by atoms with Gasteiger partial charge < -0.3 is 20.9 Å². The van der Waals surface area contributed by atoms with Crippen molar-refractivity contribution in [2.45, 2.75) is 52.4 Å². The van der Waals surface area contributed by atoms with E-state index in [4.69, 9.17) is 11.6 Å². The van der Waals surface area contributed by atoms with Gasteiger partial charge in [0.15, 0.2) is 5.96 Å². The molecule has 0 saturated carbocycles. The molecule has 174 valence electrons. The van der Waals surface area contributed by atoms with Crippen molar-refractivity contribution in [1.82, 2.24) is 15.5 Å². The molecular weight excluding hydrogens is 529 g/mol. The Morgan fingerprint density at radius 2 is 2.03 bits per heavy atom. The number of benzene rings is 1. The third-order valence-corrected chi connectivity index (χ3v) is 5.23. The molecule has 0 unspecified atom stereocenters. The van der Waals surface area contributed by atoms with Crippen LogP contribution in [0.1, 0.15) is 51.0 Å². The molecule has 1 heterocycles. The summed E-state index contributed by atoms with van der Waals surface area (Å²) in [5, 5.41) is 9.74. The lowest BCUT2D eigenvalue weighted by atomic mass is 10.2. The Hall–Kier alpha value is -1.55. The maximum atomic E-state index is 12.2. The molecule has 0 bridgehead atoms. The molecule has 0 radical (unpaired) electrons. The molecular formula is C22H35ClIN5O2. The van der Waals surface area contributed by atoms with Gasteiger partial charge in [0.05, 0.1) is 10.7 Å². The van der Waals surface area contributed by atoms with E-state index < -0.39 is 0 Å². The number of hydrogen-bond acceptors (Lipinski definition) is 3. The van der Waals surface area contributed by atoms with Gasteiger partial charge in [0, 0.05) is 45.6 Å². The lowest BCUT2D eigenvalue weighted by Crippen LogP contribution is -2.39. The summed E-state index contributed by atoms with van der Waals surface area (Å²) in [5.41, 5.74) is 1.67. The minimum Gasteiger partial charge on any atom is -0.357 e. The first kappa shape index (κ1) is 27.5. The van der Waals surface area contributed by atoms with Gasteiger partial charge in [-0.2, -0.15) is 0 Å². The molecule has 1 aromatic carbocycles. The van der Waals surface area contributed by atoms with Crippen LogP contribution in [-0.4, -0.2) is 55.4 Å². The van der Waals surface area contributed by atoms with Gasteiger partial charge in [-0.1, -0.05) is 24.1 Å². The number of guanidine groups is 1. The SMILES string of the molecule is CCNC(=NCCCN1CCCCCC1=O)NCCC(=O)Nc1ccc(C)cc1Cl.I. The van der Waals surface area contributed by atoms with Crippen molar-refractivity contribution in [1.29, 1.82) is 0 Å². The second kappa shape index (κ2) is 15.3. The molecule has 1 aliphatic heterocycles. The van der Waals surface area contributed by atoms with E-state index in [2.05, 4.69) is 20.9 Å². The average Bonchev–Trinajstić information content (AvgIpc) is 2.91. The van der Waals surface area contributed by atoms with Crippen molar-refractivity contribution in [2.24, 2.45) is 4.99 Å². The standard InChI is InChI=1S/C22H34ClN5O2.HI/c1-3-24-22(25-12-7-15-28-14-6-4-5-8-21(28)30)26-13-11-20(29)27-19-10-9-17(2)16-18(19)23;/h9-10,16H,3-8,11-15H2,1-2H3,(H,27,29)(H2,24,25,26);1H. The monoisotopic (exact) mass is 563 g/mol. The lowest BCUT2D eigenvalue weighted by Gasteiger charge is -2.20. The first-order valence-electron chi connectivity index (χ1n) is 10.9. The number of nitrogens with zero attached hydrogens (tertiary/aromatic N) is 2. The quantitative estimate of drug-likeness (QED) is 0.184. The predicted octanol–water partition coefficient (Wildman–Crippen LogP) is 3.94. The fraction of sp³-hybridized carbons (Fsp3) is 0.591. The summed E-state index contributed by atoms with van der Waals surface area (Å²) in [5.74, 6) is 0.839. The van der Waals surface area contributed by atoms with Crippen LogP contribution < -0.4 is 16.0 Å². The second-order valence-electron chi connectivity index (χ2n) is 7.51. The number of rotatable bonds is 9. The molecule has 3 N–H and O–H groups in total. The average molecular weight is 564 g/mol. The van der Waals surface area contributed by atoms with Gasteiger partial charge >= 0.3 is 0 Å². The van der Waals surface area contributed by atoms with E-state index in [0.29, 0.717) is 42.6 Å². The van der Waals surface area contributed by atoms with Crippen LogP contribution in [0.4, 0.5) is 5.69 Å². The topological polar surface area (TPSA) is 85.8 Å². The number of carbonyl (C=O) groups excluding carboxylic acids is 2. The summed E-state index contributed by atoms with van der Waals surface area (Å²) < 4.78 is 0. The summed E-state index contributed by atoms with van der Waals surface area (Å²) in [7, 11) is 0. The largest absolute Gasteiger partial charge is 0.357 e. The number of hydrogen-bond donors (Lipinski definition) is 3. The summed E-state index contributed by atoms with van der Waals surface area (Å²) in [4.78, 5) is 30.7. The third kappa shape index (κ3) is 10.5. The van der Waals surface area contributed by atoms with Gasteiger partial charge in [-0.25, -0.2) is 0 Å². The number of halogens is 2. The van der Waals surface area contributed by atoms with Crippen molar-refractivity contribution in [3.05, 3.63) is 28.8 Å². The molecule has 9 heteroatoms. The maximum Gasteiger partial charge on any atom is 0.226 e. The number of aryl methyl sites for hydroxylation is 1. The molecule has 1 aliphatic rings. The van der Waals surface area contributed by atoms with Crippen LogP contribution in [0.15, 0.2) is 23.2 Å². The number of nitrogens with one attached hydrogen (secondary N) is 3. The number of amides is 2. The van der Waals surface area contributed by atoms with Gasteiger partial charge in [-0.05, 0) is 50.8 Å². The third-order valence-electron chi connectivity index (χ3n) is 4.91. The van der Waals surface area contributed by atoms with Crippen LogP contribution in [0, 0.1) is 6.92 Å². The van der Waals surface area contributed by atoms with E-state index in [1.807, 2.05) is 36.9 Å². The predicted molar refractivity (Wildman–Crippen MR) is 138 cm³/mol. The Labute approximate surface area is 207 Å². The maximum absolute atomic E-state index is 12.2. The van der Waals surface area contributed by atoms with E-state index >= 15 is 0 Å². The Kier molecular flexibility index (Phi) is 13.6. The van der Waals surface area contributed by atoms with Crippen LogP contribution >= 0.6 is 35.6 Å². The lowest BCUT2D eigenvalue weighted by molar-refractivity contribution is -0.130. The van der Waals surface area contributed by atoms with Crippen molar-refractivity contribution in [3.63, 3.8) is 0 Å². The minimum absolute atomic E-state index is 0. The fourth-order valence-electron chi connectivity index (χ4n) is 3.30. The van der Waals surface area contributed by atoms with Crippen molar-refractivity contribution in [3.8, 4) is 0 Å². The molecule has 0 atom stereocenters. The van der Waals surface area contributed by atoms with Gasteiger partial charge in [0.25, 0.3) is 0 Å². The Balaban J connectivity index is 0.00000480. The van der Waals surface area contributed by atoms with Crippen molar-refractivity contribution >= 4 is 59.0 Å². The highest BCUT2D eigenvalue weighted by atomic mass is 127. The zero-order chi connectivity index (χ0) is 21.8. The van der Waals surface area contributed by atoms with E-state index in [0.717, 1.165) is 50.9 Å². The first-order valence-corrected chi connectivity index (χ1v) is 11.2. The number of aliphatic imine (C=N–C) groups is 1. The van der Waals surface area contributed by atoms with Crippen LogP contribution in [0.5, 0.6) is 0 Å². The van der Waals surface area contributed by atoms with E-state index in [1.54, 1.807) is 0 Å². The van der Waals surface area contributed by atoms with Crippen LogP contribution in [0.2, 0.25) is 5.02 Å². The highest BCUT2D eigenvalue weighted by Gasteiger charge is 2.15. The first-order chi connectivity index (χ1) is 14.5. The molecule has 2 amide bonds. The molecule has 1 aromatic rings. The molecule has 1 saturated heterocycles. The normalized spacial score (nSPS) is 14.5. The molecule has 0 spiro atoms. The van der Waals surface area contributed by atoms with Crippen LogP contribution in [0.25, 0.3) is 0 Å². The van der Waals surface area contributed by atoms with Crippen LogP contribution in [0.3, 0.4) is 0 Å². The van der Waals surface area contributed by atoms with Crippen molar-refractivity contribution < 1.29 is 9.59 Å². The molecule has 1 fully saturated rings. The molecule has 0 aliphatic carbocycles. The smallest absolute Gasteiger partial charge is 0.226 e. The number of carbonyl (C=O) groups is 2. The Bertz CT molecular complexity index is 745. The minimum atomic E-state index is -0.108. The number of likely N-dealkylation sites (tertiary alicyclic amines) is 1. The van der Waals surface area contributed by atoms with E-state index in [9.17, 15) is 9.59 Å². The van der Waals surface area contributed by atoms with E-state index in [-0.39, 0.29) is 35.8 Å². The van der Waals surface area contributed by atoms with Gasteiger partial charge in [0.2, 0.25) is 11.8 Å². The fourth-order valence-corrected chi connectivity index (χ4v) is 3.58. The molecule has 31 heavy (non-hydrogen) atoms. The Morgan fingerprint density at radius 3 is 2.77 bits per heavy atom. The van der Waals surface area contributed by atoms with Crippen molar-refractivity contribution in [2.75, 3.05) is 38.0 Å². The summed E-state index contributed by atoms with van der Waals surface area (Å²) >= 11 is 6.16. The summed E-state index contributed by atoms with van der Waals surface area (Å²) in [6.07, 6.45) is 5.04. The van der Waals surface area contributed by atoms with Crippen LogP contribution in [-0.2, 0) is 9.59 Å². The Morgan fingerprint density at radius 1 is 1.23 bits per heavy atom. The van der Waals surface area contributed by atoms with Gasteiger partial charge in [0.1, 0.15) is 0 Å². The summed E-state index contributed by atoms with van der Waals surface area (Å²) in [6.45, 7) is 7.40. The zero-order valence-corrected chi connectivity index (χ0v) is 21.6. The molecule has 0 aromatic heterocycles. The highest BCUT2D eigenvalue weighted by Crippen LogP contribution is 2.22.